The smallest absolute Gasteiger partial charge is 0.315 e. The van der Waals surface area contributed by atoms with Crippen LogP contribution in [0.3, 0.4) is 0 Å². The van der Waals surface area contributed by atoms with Gasteiger partial charge >= 0.3 is 6.01 Å². The molecule has 2 N–H and O–H groups in total. The maximum absolute atomic E-state index is 10.0. The average Bonchev–Trinajstić information content (AvgIpc) is 2.97. The Kier molecular flexibility index (Phi) is 6.39. The van der Waals surface area contributed by atoms with Crippen LogP contribution in [0.25, 0.3) is 0 Å². The summed E-state index contributed by atoms with van der Waals surface area (Å²) in [5, 5.41) is 20.7. The van der Waals surface area contributed by atoms with E-state index in [0.29, 0.717) is 18.5 Å². The summed E-state index contributed by atoms with van der Waals surface area (Å²) in [7, 11) is 3.85. The van der Waals surface area contributed by atoms with Crippen molar-refractivity contribution >= 4 is 6.01 Å². The van der Waals surface area contributed by atoms with Crippen LogP contribution in [0.2, 0.25) is 0 Å². The molecule has 0 saturated heterocycles. The van der Waals surface area contributed by atoms with Gasteiger partial charge in [0, 0.05) is 6.54 Å². The Labute approximate surface area is 149 Å². The highest BCUT2D eigenvalue weighted by Crippen LogP contribution is 2.24. The minimum Gasteiger partial charge on any atom is -0.491 e. The first-order chi connectivity index (χ1) is 11.7. The number of hydrogen-bond donors (Lipinski definition) is 2. The number of benzene rings is 1. The number of aromatic nitrogens is 2. The lowest BCUT2D eigenvalue weighted by Gasteiger charge is -2.19. The Morgan fingerprint density at radius 3 is 2.48 bits per heavy atom. The van der Waals surface area contributed by atoms with E-state index in [1.807, 2.05) is 43.3 Å². The number of hydrogen-bond acceptors (Lipinski definition) is 7. The molecule has 0 aliphatic heterocycles. The van der Waals surface area contributed by atoms with Crippen molar-refractivity contribution < 1.29 is 14.3 Å². The van der Waals surface area contributed by atoms with Crippen molar-refractivity contribution in [2.75, 3.05) is 32.6 Å². The molecule has 0 aliphatic carbocycles. The SMILES string of the molecule is CN(C)Cc1nnc(NCC(O)COc2ccc(C(C)(C)C)cc2)o1. The van der Waals surface area contributed by atoms with E-state index >= 15 is 0 Å². The van der Waals surface area contributed by atoms with Crippen LogP contribution in [0.15, 0.2) is 28.7 Å². The van der Waals surface area contributed by atoms with Gasteiger partial charge in [-0.3, -0.25) is 0 Å². The number of nitrogens with one attached hydrogen (secondary N) is 1. The fraction of sp³-hybridized carbons (Fsp3) is 0.556. The highest BCUT2D eigenvalue weighted by molar-refractivity contribution is 5.31. The van der Waals surface area contributed by atoms with Gasteiger partial charge in [0.05, 0.1) is 6.54 Å². The third-order valence-electron chi connectivity index (χ3n) is 3.57. The van der Waals surface area contributed by atoms with Crippen molar-refractivity contribution in [2.45, 2.75) is 38.8 Å². The molecule has 0 spiro atoms. The normalized spacial score (nSPS) is 13.1. The molecule has 0 amide bonds. The van der Waals surface area contributed by atoms with Crippen LogP contribution in [0.1, 0.15) is 32.2 Å². The topological polar surface area (TPSA) is 83.7 Å². The Balaban J connectivity index is 1.75. The molecule has 0 saturated carbocycles. The second-order valence-corrected chi connectivity index (χ2v) is 7.36. The predicted octanol–water partition coefficient (Wildman–Crippen LogP) is 2.28. The van der Waals surface area contributed by atoms with Crippen LogP contribution in [0.5, 0.6) is 5.75 Å². The molecule has 0 aliphatic rings. The fourth-order valence-electron chi connectivity index (χ4n) is 2.17. The molecule has 25 heavy (non-hydrogen) atoms. The van der Waals surface area contributed by atoms with Crippen molar-refractivity contribution in [2.24, 2.45) is 0 Å². The van der Waals surface area contributed by atoms with Gasteiger partial charge in [-0.15, -0.1) is 5.10 Å². The molecule has 0 radical (unpaired) electrons. The summed E-state index contributed by atoms with van der Waals surface area (Å²) in [6.07, 6.45) is -0.688. The second kappa shape index (κ2) is 8.31. The van der Waals surface area contributed by atoms with Crippen LogP contribution in [-0.2, 0) is 12.0 Å². The summed E-state index contributed by atoms with van der Waals surface area (Å²) < 4.78 is 11.0. The van der Waals surface area contributed by atoms with Crippen molar-refractivity contribution in [1.29, 1.82) is 0 Å². The standard InChI is InChI=1S/C18H28N4O3/c1-18(2,3)13-6-8-15(9-7-13)24-12-14(23)10-19-17-21-20-16(25-17)11-22(4)5/h6-9,14,23H,10-12H2,1-5H3,(H,19,21). The Bertz CT molecular complexity index is 647. The Morgan fingerprint density at radius 2 is 1.88 bits per heavy atom. The molecule has 1 aromatic heterocycles. The minimum atomic E-state index is -0.688. The first kappa shape index (κ1) is 19.2. The van der Waals surface area contributed by atoms with E-state index < -0.39 is 6.10 Å². The minimum absolute atomic E-state index is 0.109. The molecule has 0 bridgehead atoms. The molecule has 1 atom stereocenters. The van der Waals surface area contributed by atoms with Crippen molar-refractivity contribution in [3.8, 4) is 5.75 Å². The van der Waals surface area contributed by atoms with E-state index in [2.05, 4.69) is 36.3 Å². The molecule has 138 valence electrons. The Hall–Kier alpha value is -2.12. The molecule has 2 aromatic rings. The lowest BCUT2D eigenvalue weighted by Crippen LogP contribution is -2.26. The van der Waals surface area contributed by atoms with Crippen molar-refractivity contribution in [3.05, 3.63) is 35.7 Å². The van der Waals surface area contributed by atoms with Gasteiger partial charge in [0.2, 0.25) is 5.89 Å². The number of ether oxygens (including phenoxy) is 1. The van der Waals surface area contributed by atoms with Crippen LogP contribution in [0.4, 0.5) is 6.01 Å². The zero-order valence-electron chi connectivity index (χ0n) is 15.6. The van der Waals surface area contributed by atoms with E-state index in [1.165, 1.54) is 5.56 Å². The van der Waals surface area contributed by atoms with Gasteiger partial charge in [0.25, 0.3) is 0 Å². The molecule has 1 unspecified atom stereocenters. The second-order valence-electron chi connectivity index (χ2n) is 7.36. The van der Waals surface area contributed by atoms with Gasteiger partial charge in [0.1, 0.15) is 18.5 Å². The molecule has 0 fully saturated rings. The van der Waals surface area contributed by atoms with Crippen LogP contribution in [0, 0.1) is 0 Å². The molecule has 7 heteroatoms. The number of aliphatic hydroxyl groups excluding tert-OH is 1. The molecule has 2 rings (SSSR count). The van der Waals surface area contributed by atoms with Crippen LogP contribution in [-0.4, -0.2) is 53.6 Å². The van der Waals surface area contributed by atoms with Gasteiger partial charge in [-0.05, 0) is 37.2 Å². The number of nitrogens with zero attached hydrogens (tertiary/aromatic N) is 3. The zero-order valence-corrected chi connectivity index (χ0v) is 15.6. The van der Waals surface area contributed by atoms with Crippen molar-refractivity contribution in [3.63, 3.8) is 0 Å². The third kappa shape index (κ3) is 6.36. The quantitative estimate of drug-likeness (QED) is 0.757. The highest BCUT2D eigenvalue weighted by atomic mass is 16.5. The van der Waals surface area contributed by atoms with E-state index in [1.54, 1.807) is 0 Å². The maximum atomic E-state index is 10.0. The summed E-state index contributed by atoms with van der Waals surface area (Å²) in [5.74, 6) is 1.26. The summed E-state index contributed by atoms with van der Waals surface area (Å²) in [6.45, 7) is 7.52. The summed E-state index contributed by atoms with van der Waals surface area (Å²) in [6, 6.07) is 8.24. The van der Waals surface area contributed by atoms with E-state index in [-0.39, 0.29) is 18.6 Å². The monoisotopic (exact) mass is 348 g/mol. The van der Waals surface area contributed by atoms with Gasteiger partial charge in [-0.1, -0.05) is 38.0 Å². The summed E-state index contributed by atoms with van der Waals surface area (Å²) in [4.78, 5) is 1.94. The van der Waals surface area contributed by atoms with Crippen molar-refractivity contribution in [1.82, 2.24) is 15.1 Å². The van der Waals surface area contributed by atoms with Gasteiger partial charge in [-0.25, -0.2) is 0 Å². The maximum Gasteiger partial charge on any atom is 0.315 e. The Morgan fingerprint density at radius 1 is 1.20 bits per heavy atom. The number of anilines is 1. The average molecular weight is 348 g/mol. The molecule has 1 heterocycles. The lowest BCUT2D eigenvalue weighted by molar-refractivity contribution is 0.117. The fourth-order valence-corrected chi connectivity index (χ4v) is 2.17. The first-order valence-corrected chi connectivity index (χ1v) is 8.36. The number of rotatable bonds is 8. The highest BCUT2D eigenvalue weighted by Gasteiger charge is 2.14. The first-order valence-electron chi connectivity index (χ1n) is 8.36. The van der Waals surface area contributed by atoms with Gasteiger partial charge in [-0.2, -0.15) is 0 Å². The zero-order chi connectivity index (χ0) is 18.4. The van der Waals surface area contributed by atoms with Crippen LogP contribution < -0.4 is 10.1 Å². The van der Waals surface area contributed by atoms with E-state index in [4.69, 9.17) is 9.15 Å². The largest absolute Gasteiger partial charge is 0.491 e. The van der Waals surface area contributed by atoms with Crippen LogP contribution >= 0.6 is 0 Å². The summed E-state index contributed by atoms with van der Waals surface area (Å²) in [5.41, 5.74) is 1.35. The number of aliphatic hydroxyl groups is 1. The van der Waals surface area contributed by atoms with E-state index in [0.717, 1.165) is 5.75 Å². The van der Waals surface area contributed by atoms with Gasteiger partial charge < -0.3 is 24.5 Å². The lowest BCUT2D eigenvalue weighted by atomic mass is 9.87. The molecular formula is C18H28N4O3. The molecule has 7 nitrogen and oxygen atoms in total. The molecular weight excluding hydrogens is 320 g/mol. The van der Waals surface area contributed by atoms with E-state index in [9.17, 15) is 5.11 Å². The third-order valence-corrected chi connectivity index (χ3v) is 3.57. The molecule has 1 aromatic carbocycles. The van der Waals surface area contributed by atoms with Gasteiger partial charge in [0.15, 0.2) is 0 Å². The predicted molar refractivity (Wildman–Crippen MR) is 96.8 cm³/mol. The summed E-state index contributed by atoms with van der Waals surface area (Å²) >= 11 is 0.